The highest BCUT2D eigenvalue weighted by Gasteiger charge is 2.35. The van der Waals surface area contributed by atoms with Crippen molar-refractivity contribution in [3.8, 4) is 0 Å². The fourth-order valence-corrected chi connectivity index (χ4v) is 3.01. The third-order valence-electron chi connectivity index (χ3n) is 4.04. The molecule has 6 heteroatoms. The van der Waals surface area contributed by atoms with Gasteiger partial charge in [-0.1, -0.05) is 0 Å². The Bertz CT molecular complexity index is 336. The number of likely N-dealkylation sites (tertiary alicyclic amines) is 1. The number of nitrogens with zero attached hydrogens (tertiary/aromatic N) is 1. The van der Waals surface area contributed by atoms with Crippen molar-refractivity contribution in [3.05, 3.63) is 0 Å². The van der Waals surface area contributed by atoms with Crippen LogP contribution in [0.25, 0.3) is 0 Å². The number of nitrogens with one attached hydrogen (secondary N) is 1. The summed E-state index contributed by atoms with van der Waals surface area (Å²) in [7, 11) is 0. The Kier molecular flexibility index (Phi) is 6.07. The number of rotatable bonds is 2. The molecule has 2 saturated heterocycles. The zero-order valence-corrected chi connectivity index (χ0v) is 12.2. The molecule has 0 saturated carbocycles. The third kappa shape index (κ3) is 3.83. The number of piperidine rings is 2. The van der Waals surface area contributed by atoms with E-state index < -0.39 is 0 Å². The van der Waals surface area contributed by atoms with E-state index in [0.717, 1.165) is 32.2 Å². The minimum Gasteiger partial charge on any atom is -0.356 e. The number of carbonyl (C=O) groups excluding carboxylic acids is 2. The molecular formula is C13H24ClN3O2. The Morgan fingerprint density at radius 3 is 2.79 bits per heavy atom. The van der Waals surface area contributed by atoms with Gasteiger partial charge in [-0.2, -0.15) is 0 Å². The van der Waals surface area contributed by atoms with Gasteiger partial charge in [0.15, 0.2) is 0 Å². The molecule has 2 heterocycles. The second-order valence-electron chi connectivity index (χ2n) is 5.49. The van der Waals surface area contributed by atoms with Crippen molar-refractivity contribution in [2.45, 2.75) is 51.1 Å². The largest absolute Gasteiger partial charge is 0.356 e. The molecule has 3 N–H and O–H groups in total. The molecule has 0 aromatic heterocycles. The zero-order chi connectivity index (χ0) is 13.1. The second-order valence-corrected chi connectivity index (χ2v) is 5.49. The predicted octanol–water partition coefficient (Wildman–Crippen LogP) is 0.663. The summed E-state index contributed by atoms with van der Waals surface area (Å²) in [6.45, 7) is 3.37. The number of halogens is 1. The van der Waals surface area contributed by atoms with Crippen LogP contribution in [0.3, 0.4) is 0 Å². The van der Waals surface area contributed by atoms with Gasteiger partial charge >= 0.3 is 0 Å². The number of hydrogen-bond donors (Lipinski definition) is 2. The SMILES string of the molecule is CC(N)C1CCCCN1C(=O)C1CCNC(=O)C1.Cl. The summed E-state index contributed by atoms with van der Waals surface area (Å²) < 4.78 is 0. The van der Waals surface area contributed by atoms with E-state index >= 15 is 0 Å². The van der Waals surface area contributed by atoms with Crippen molar-refractivity contribution >= 4 is 24.2 Å². The van der Waals surface area contributed by atoms with Crippen LogP contribution < -0.4 is 11.1 Å². The lowest BCUT2D eigenvalue weighted by Gasteiger charge is -2.40. The van der Waals surface area contributed by atoms with Crippen molar-refractivity contribution in [2.75, 3.05) is 13.1 Å². The highest BCUT2D eigenvalue weighted by molar-refractivity contribution is 5.87. The first-order valence-corrected chi connectivity index (χ1v) is 6.92. The number of nitrogens with two attached hydrogens (primary N) is 1. The summed E-state index contributed by atoms with van der Waals surface area (Å²) in [5.41, 5.74) is 5.98. The van der Waals surface area contributed by atoms with Crippen molar-refractivity contribution < 1.29 is 9.59 Å². The summed E-state index contributed by atoms with van der Waals surface area (Å²) in [4.78, 5) is 25.8. The number of carbonyl (C=O) groups is 2. The summed E-state index contributed by atoms with van der Waals surface area (Å²) in [5, 5.41) is 2.77. The van der Waals surface area contributed by atoms with E-state index in [1.807, 2.05) is 11.8 Å². The molecule has 110 valence electrons. The van der Waals surface area contributed by atoms with E-state index in [4.69, 9.17) is 5.73 Å². The van der Waals surface area contributed by atoms with Crippen molar-refractivity contribution in [1.82, 2.24) is 10.2 Å². The average molecular weight is 290 g/mol. The van der Waals surface area contributed by atoms with E-state index in [-0.39, 0.29) is 42.2 Å². The zero-order valence-electron chi connectivity index (χ0n) is 11.4. The van der Waals surface area contributed by atoms with Gasteiger partial charge in [0.1, 0.15) is 0 Å². The van der Waals surface area contributed by atoms with Crippen molar-refractivity contribution in [1.29, 1.82) is 0 Å². The topological polar surface area (TPSA) is 75.4 Å². The van der Waals surface area contributed by atoms with Crippen LogP contribution >= 0.6 is 12.4 Å². The van der Waals surface area contributed by atoms with Crippen LogP contribution in [-0.4, -0.2) is 41.9 Å². The van der Waals surface area contributed by atoms with Crippen LogP contribution in [0.4, 0.5) is 0 Å². The minimum absolute atomic E-state index is 0. The number of hydrogen-bond acceptors (Lipinski definition) is 3. The van der Waals surface area contributed by atoms with Gasteiger partial charge in [0, 0.05) is 37.5 Å². The highest BCUT2D eigenvalue weighted by atomic mass is 35.5. The van der Waals surface area contributed by atoms with Gasteiger partial charge in [-0.15, -0.1) is 12.4 Å². The second kappa shape index (κ2) is 7.10. The first-order chi connectivity index (χ1) is 8.59. The van der Waals surface area contributed by atoms with E-state index in [0.29, 0.717) is 13.0 Å². The summed E-state index contributed by atoms with van der Waals surface area (Å²) in [5.74, 6) is -0.0149. The highest BCUT2D eigenvalue weighted by Crippen LogP contribution is 2.24. The van der Waals surface area contributed by atoms with Gasteiger partial charge in [0.2, 0.25) is 11.8 Å². The van der Waals surface area contributed by atoms with Gasteiger partial charge in [0.25, 0.3) is 0 Å². The maximum Gasteiger partial charge on any atom is 0.226 e. The Labute approximate surface area is 120 Å². The standard InChI is InChI=1S/C13H23N3O2.ClH/c1-9(14)11-4-2-3-7-16(11)13(18)10-5-6-15-12(17)8-10;/h9-11H,2-8,14H2,1H3,(H,15,17);1H. The van der Waals surface area contributed by atoms with E-state index in [9.17, 15) is 9.59 Å². The maximum absolute atomic E-state index is 12.5. The van der Waals surface area contributed by atoms with Crippen molar-refractivity contribution in [2.24, 2.45) is 11.7 Å². The Hall–Kier alpha value is -0.810. The summed E-state index contributed by atoms with van der Waals surface area (Å²) in [6.07, 6.45) is 4.27. The first-order valence-electron chi connectivity index (χ1n) is 6.92. The Morgan fingerprint density at radius 2 is 2.16 bits per heavy atom. The molecule has 19 heavy (non-hydrogen) atoms. The fraction of sp³-hybridized carbons (Fsp3) is 0.846. The maximum atomic E-state index is 12.5. The van der Waals surface area contributed by atoms with E-state index in [1.54, 1.807) is 0 Å². The fourth-order valence-electron chi connectivity index (χ4n) is 3.01. The summed E-state index contributed by atoms with van der Waals surface area (Å²) >= 11 is 0. The monoisotopic (exact) mass is 289 g/mol. The molecule has 0 aromatic carbocycles. The van der Waals surface area contributed by atoms with Gasteiger partial charge in [-0.3, -0.25) is 9.59 Å². The van der Waals surface area contributed by atoms with Gasteiger partial charge in [-0.05, 0) is 32.6 Å². The molecule has 5 nitrogen and oxygen atoms in total. The Balaban J connectivity index is 0.00000180. The minimum atomic E-state index is -0.141. The van der Waals surface area contributed by atoms with Gasteiger partial charge in [-0.25, -0.2) is 0 Å². The molecule has 3 atom stereocenters. The molecule has 2 aliphatic heterocycles. The molecule has 2 aliphatic rings. The van der Waals surface area contributed by atoms with E-state index in [2.05, 4.69) is 5.32 Å². The average Bonchev–Trinajstić information content (AvgIpc) is 2.38. The quantitative estimate of drug-likeness (QED) is 0.784. The molecular weight excluding hydrogens is 266 g/mol. The molecule has 2 rings (SSSR count). The van der Waals surface area contributed by atoms with Crippen LogP contribution in [0, 0.1) is 5.92 Å². The lowest BCUT2D eigenvalue weighted by Crippen LogP contribution is -2.54. The van der Waals surface area contributed by atoms with Gasteiger partial charge in [0.05, 0.1) is 0 Å². The lowest BCUT2D eigenvalue weighted by molar-refractivity contribution is -0.143. The van der Waals surface area contributed by atoms with Gasteiger partial charge < -0.3 is 16.0 Å². The smallest absolute Gasteiger partial charge is 0.226 e. The molecule has 3 unspecified atom stereocenters. The Morgan fingerprint density at radius 1 is 1.42 bits per heavy atom. The van der Waals surface area contributed by atoms with Crippen molar-refractivity contribution in [3.63, 3.8) is 0 Å². The lowest BCUT2D eigenvalue weighted by atomic mass is 9.91. The summed E-state index contributed by atoms with van der Waals surface area (Å²) in [6, 6.07) is 0.155. The molecule has 0 spiro atoms. The van der Waals surface area contributed by atoms with Crippen LogP contribution in [0.15, 0.2) is 0 Å². The molecule has 0 aromatic rings. The molecule has 0 aliphatic carbocycles. The molecule has 2 fully saturated rings. The van der Waals surface area contributed by atoms with Crippen LogP contribution in [0.2, 0.25) is 0 Å². The van der Waals surface area contributed by atoms with E-state index in [1.165, 1.54) is 0 Å². The molecule has 2 amide bonds. The van der Waals surface area contributed by atoms with Crippen LogP contribution in [0.1, 0.15) is 39.0 Å². The number of amides is 2. The normalized spacial score (nSPS) is 29.2. The molecule has 0 radical (unpaired) electrons. The predicted molar refractivity (Wildman–Crippen MR) is 76.0 cm³/mol. The van der Waals surface area contributed by atoms with Crippen LogP contribution in [0.5, 0.6) is 0 Å². The third-order valence-corrected chi connectivity index (χ3v) is 4.04. The first kappa shape index (κ1) is 16.2. The van der Waals surface area contributed by atoms with Crippen LogP contribution in [-0.2, 0) is 9.59 Å². The molecule has 0 bridgehead atoms.